The molecular weight excluding hydrogens is 314 g/mol. The highest BCUT2D eigenvalue weighted by Gasteiger charge is 2.35. The first kappa shape index (κ1) is 18.4. The molecule has 134 valence electrons. The average Bonchev–Trinajstić information content (AvgIpc) is 2.53. The molecule has 0 radical (unpaired) electrons. The molecule has 1 aliphatic heterocycles. The Hall–Kier alpha value is -1.93. The highest BCUT2D eigenvalue weighted by Crippen LogP contribution is 2.32. The van der Waals surface area contributed by atoms with E-state index in [0.717, 1.165) is 11.4 Å². The number of aryl methyl sites for hydroxylation is 1. The van der Waals surface area contributed by atoms with Crippen LogP contribution < -0.4 is 22.2 Å². The van der Waals surface area contributed by atoms with Gasteiger partial charge in [-0.05, 0) is 25.0 Å². The number of hydrogen-bond acceptors (Lipinski definition) is 6. The Balaban J connectivity index is 2.38. The molecule has 2 heterocycles. The summed E-state index contributed by atoms with van der Waals surface area (Å²) in [4.78, 5) is 6.26. The molecule has 1 aromatic heterocycles. The molecule has 1 aromatic rings. The quantitative estimate of drug-likeness (QED) is 0.552. The van der Waals surface area contributed by atoms with E-state index in [2.05, 4.69) is 4.98 Å². The molecule has 1 aliphatic rings. The van der Waals surface area contributed by atoms with Crippen LogP contribution in [0, 0.1) is 0 Å². The molecule has 0 amide bonds. The van der Waals surface area contributed by atoms with Crippen molar-refractivity contribution in [1.29, 1.82) is 0 Å². The number of anilines is 1. The zero-order valence-corrected chi connectivity index (χ0v) is 14.2. The number of nitrogens with two attached hydrogens (primary N) is 3. The summed E-state index contributed by atoms with van der Waals surface area (Å²) in [7, 11) is 1.65. The molecule has 8 heteroatoms. The van der Waals surface area contributed by atoms with E-state index in [0.29, 0.717) is 36.5 Å². The Morgan fingerprint density at radius 1 is 1.42 bits per heavy atom. The molecule has 0 aromatic carbocycles. The lowest BCUT2D eigenvalue weighted by Gasteiger charge is -2.35. The van der Waals surface area contributed by atoms with E-state index in [1.165, 1.54) is 5.01 Å². The van der Waals surface area contributed by atoms with Gasteiger partial charge in [0, 0.05) is 26.6 Å². The van der Waals surface area contributed by atoms with E-state index in [-0.39, 0.29) is 19.5 Å². The number of rotatable bonds is 5. The zero-order valence-electron chi connectivity index (χ0n) is 14.2. The fourth-order valence-electron chi connectivity index (χ4n) is 2.96. The topological polar surface area (TPSA) is 97.4 Å². The maximum absolute atomic E-state index is 13.7. The van der Waals surface area contributed by atoms with Gasteiger partial charge in [-0.1, -0.05) is 6.92 Å². The number of nitrogens with zero attached hydrogens (tertiary/aromatic N) is 3. The number of hydrogen-bond donors (Lipinski definition) is 3. The maximum atomic E-state index is 13.7. The summed E-state index contributed by atoms with van der Waals surface area (Å²) in [6, 6.07) is 3.54. The van der Waals surface area contributed by atoms with Crippen molar-refractivity contribution in [3.05, 3.63) is 29.2 Å². The molecule has 6 nitrogen and oxygen atoms in total. The van der Waals surface area contributed by atoms with Crippen molar-refractivity contribution in [2.24, 2.45) is 17.3 Å². The van der Waals surface area contributed by atoms with E-state index in [9.17, 15) is 8.78 Å². The minimum atomic E-state index is -2.66. The van der Waals surface area contributed by atoms with E-state index >= 15 is 0 Å². The minimum absolute atomic E-state index is 0.0607. The number of likely N-dealkylation sites (N-methyl/N-ethyl adjacent to an activating group) is 1. The molecule has 2 rings (SSSR count). The second-order valence-electron chi connectivity index (χ2n) is 6.07. The summed E-state index contributed by atoms with van der Waals surface area (Å²) in [6.07, 6.45) is 1.03. The van der Waals surface area contributed by atoms with Gasteiger partial charge in [-0.25, -0.2) is 19.6 Å². The number of pyridine rings is 1. The van der Waals surface area contributed by atoms with E-state index in [4.69, 9.17) is 17.3 Å². The van der Waals surface area contributed by atoms with Gasteiger partial charge in [-0.2, -0.15) is 0 Å². The van der Waals surface area contributed by atoms with Crippen molar-refractivity contribution in [2.75, 3.05) is 31.6 Å². The molecule has 0 bridgehead atoms. The predicted octanol–water partition coefficient (Wildman–Crippen LogP) is 1.27. The van der Waals surface area contributed by atoms with E-state index in [1.54, 1.807) is 24.1 Å². The summed E-state index contributed by atoms with van der Waals surface area (Å²) in [5.41, 5.74) is 14.8. The lowest BCUT2D eigenvalue weighted by atomic mass is 10.1. The fourth-order valence-corrected chi connectivity index (χ4v) is 2.96. The highest BCUT2D eigenvalue weighted by atomic mass is 19.3. The Bertz CT molecular complexity index is 615. The van der Waals surface area contributed by atoms with E-state index in [1.807, 2.05) is 6.92 Å². The Labute approximate surface area is 141 Å². The second-order valence-corrected chi connectivity index (χ2v) is 6.07. The molecule has 0 spiro atoms. The normalized spacial score (nSPS) is 18.3. The number of aromatic nitrogens is 1. The van der Waals surface area contributed by atoms with Crippen molar-refractivity contribution in [1.82, 2.24) is 9.99 Å². The van der Waals surface area contributed by atoms with Gasteiger partial charge in [0.25, 0.3) is 5.92 Å². The van der Waals surface area contributed by atoms with Crippen LogP contribution in [-0.2, 0) is 6.42 Å². The molecule has 0 aliphatic carbocycles. The molecule has 1 saturated heterocycles. The summed E-state index contributed by atoms with van der Waals surface area (Å²) in [6.45, 7) is 2.46. The van der Waals surface area contributed by atoms with Crippen LogP contribution in [0.5, 0.6) is 0 Å². The largest absolute Gasteiger partial charge is 0.395 e. The molecular formula is C16H26F2N6. The third-order valence-electron chi connectivity index (χ3n) is 4.22. The van der Waals surface area contributed by atoms with Crippen LogP contribution in [0.3, 0.4) is 0 Å². The number of piperidine rings is 1. The van der Waals surface area contributed by atoms with Crippen molar-refractivity contribution in [3.8, 4) is 0 Å². The number of halogens is 2. The third kappa shape index (κ3) is 3.93. The average molecular weight is 340 g/mol. The van der Waals surface area contributed by atoms with E-state index < -0.39 is 5.92 Å². The third-order valence-corrected chi connectivity index (χ3v) is 4.22. The standard InChI is InChI=1S/C16H26F2N6/c1-3-11-13(24-8-4-7-16(17,18)10-24)6-5-12(22-11)15(20)14(9-19)23(2)21/h5-6H,3-4,7-10,19-21H2,1-2H3/b15-14-. The molecule has 6 N–H and O–H groups in total. The Morgan fingerprint density at radius 3 is 2.67 bits per heavy atom. The fraction of sp³-hybridized carbons (Fsp3) is 0.562. The van der Waals surface area contributed by atoms with Gasteiger partial charge in [-0.15, -0.1) is 0 Å². The predicted molar refractivity (Wildman–Crippen MR) is 92.1 cm³/mol. The molecule has 0 unspecified atom stereocenters. The first-order valence-corrected chi connectivity index (χ1v) is 8.09. The van der Waals surface area contributed by atoms with Crippen molar-refractivity contribution < 1.29 is 8.78 Å². The lowest BCUT2D eigenvalue weighted by molar-refractivity contribution is -0.0117. The summed E-state index contributed by atoms with van der Waals surface area (Å²) in [5.74, 6) is 3.07. The van der Waals surface area contributed by atoms with Crippen molar-refractivity contribution >= 4 is 11.4 Å². The Kier molecular flexibility index (Phi) is 5.61. The van der Waals surface area contributed by atoms with Gasteiger partial charge in [0.2, 0.25) is 0 Å². The smallest absolute Gasteiger partial charge is 0.265 e. The SMILES string of the molecule is CCc1nc(/C(N)=C(\CN)N(C)N)ccc1N1CCCC(F)(F)C1. The van der Waals surface area contributed by atoms with Crippen molar-refractivity contribution in [2.45, 2.75) is 32.1 Å². The van der Waals surface area contributed by atoms with Crippen LogP contribution in [0.25, 0.3) is 5.70 Å². The van der Waals surface area contributed by atoms with Crippen LogP contribution in [0.1, 0.15) is 31.2 Å². The van der Waals surface area contributed by atoms with Gasteiger partial charge in [0.05, 0.1) is 35.0 Å². The molecule has 0 atom stereocenters. The van der Waals surface area contributed by atoms with Gasteiger partial charge >= 0.3 is 0 Å². The van der Waals surface area contributed by atoms with Crippen LogP contribution in [-0.4, -0.2) is 42.6 Å². The van der Waals surface area contributed by atoms with Crippen LogP contribution >= 0.6 is 0 Å². The van der Waals surface area contributed by atoms with Gasteiger partial charge in [0.15, 0.2) is 0 Å². The first-order valence-electron chi connectivity index (χ1n) is 8.09. The van der Waals surface area contributed by atoms with Crippen LogP contribution in [0.2, 0.25) is 0 Å². The zero-order chi connectivity index (χ0) is 17.9. The molecule has 0 saturated carbocycles. The second kappa shape index (κ2) is 7.31. The number of hydrazine groups is 1. The maximum Gasteiger partial charge on any atom is 0.265 e. The first-order chi connectivity index (χ1) is 11.3. The van der Waals surface area contributed by atoms with Crippen LogP contribution in [0.4, 0.5) is 14.5 Å². The molecule has 1 fully saturated rings. The number of alkyl halides is 2. The summed E-state index contributed by atoms with van der Waals surface area (Å²) < 4.78 is 27.4. The minimum Gasteiger partial charge on any atom is -0.395 e. The Morgan fingerprint density at radius 2 is 2.12 bits per heavy atom. The summed E-state index contributed by atoms with van der Waals surface area (Å²) in [5, 5.41) is 1.36. The lowest BCUT2D eigenvalue weighted by Crippen LogP contribution is -2.43. The van der Waals surface area contributed by atoms with Crippen LogP contribution in [0.15, 0.2) is 17.8 Å². The summed E-state index contributed by atoms with van der Waals surface area (Å²) >= 11 is 0. The highest BCUT2D eigenvalue weighted by molar-refractivity contribution is 5.65. The van der Waals surface area contributed by atoms with Gasteiger partial charge in [-0.3, -0.25) is 0 Å². The monoisotopic (exact) mass is 340 g/mol. The van der Waals surface area contributed by atoms with Crippen molar-refractivity contribution in [3.63, 3.8) is 0 Å². The molecule has 24 heavy (non-hydrogen) atoms. The van der Waals surface area contributed by atoms with Gasteiger partial charge < -0.3 is 21.4 Å². The van der Waals surface area contributed by atoms with Gasteiger partial charge in [0.1, 0.15) is 0 Å².